The molecule has 0 aromatic heterocycles. The fourth-order valence-corrected chi connectivity index (χ4v) is 1.76. The minimum absolute atomic E-state index is 0.215. The van der Waals surface area contributed by atoms with Gasteiger partial charge in [0.05, 0.1) is 12.8 Å². The summed E-state index contributed by atoms with van der Waals surface area (Å²) in [6, 6.07) is 7.55. The van der Waals surface area contributed by atoms with E-state index in [-0.39, 0.29) is 5.91 Å². The molecule has 0 fully saturated rings. The lowest BCUT2D eigenvalue weighted by Gasteiger charge is -2.15. The van der Waals surface area contributed by atoms with Crippen LogP contribution in [-0.4, -0.2) is 31.0 Å². The Balaban J connectivity index is 2.43. The van der Waals surface area contributed by atoms with E-state index >= 15 is 0 Å². The van der Waals surface area contributed by atoms with Crippen LogP contribution < -0.4 is 5.73 Å². The molecule has 0 saturated heterocycles. The van der Waals surface area contributed by atoms with Crippen molar-refractivity contribution in [3.05, 3.63) is 35.4 Å². The molecule has 0 radical (unpaired) electrons. The first-order valence-corrected chi connectivity index (χ1v) is 5.56. The zero-order valence-electron chi connectivity index (χ0n) is 10.4. The molecule has 0 unspecified atom stereocenters. The molecule has 1 aliphatic heterocycles. The van der Waals surface area contributed by atoms with E-state index in [9.17, 15) is 4.79 Å². The molecule has 2 N–H and O–H groups in total. The van der Waals surface area contributed by atoms with Gasteiger partial charge in [-0.25, -0.2) is 10.1 Å². The van der Waals surface area contributed by atoms with Crippen molar-refractivity contribution >= 4 is 23.5 Å². The van der Waals surface area contributed by atoms with Crippen LogP contribution in [0.2, 0.25) is 0 Å². The lowest BCUT2D eigenvalue weighted by molar-refractivity contribution is -0.163. The minimum atomic E-state index is -0.215. The fraction of sp³-hybridized carbons (Fsp3) is 0.231. The Morgan fingerprint density at radius 3 is 2.89 bits per heavy atom. The zero-order chi connectivity index (χ0) is 13.1. The smallest absolute Gasteiger partial charge is 0.273 e. The van der Waals surface area contributed by atoms with Crippen molar-refractivity contribution in [3.8, 4) is 0 Å². The van der Waals surface area contributed by atoms with E-state index in [1.54, 1.807) is 13.1 Å². The number of rotatable bonds is 2. The highest BCUT2D eigenvalue weighted by atomic mass is 16.7. The molecule has 0 atom stereocenters. The second-order valence-corrected chi connectivity index (χ2v) is 3.99. The van der Waals surface area contributed by atoms with Crippen LogP contribution in [0.15, 0.2) is 34.8 Å². The van der Waals surface area contributed by atoms with Crippen LogP contribution in [0.25, 0.3) is 6.08 Å². The molecule has 94 valence electrons. The van der Waals surface area contributed by atoms with E-state index in [0.717, 1.165) is 11.3 Å². The van der Waals surface area contributed by atoms with E-state index in [4.69, 9.17) is 10.6 Å². The number of likely N-dealkylation sites (N-methyl/N-ethyl adjacent to an activating group) is 1. The molecule has 1 heterocycles. The summed E-state index contributed by atoms with van der Waals surface area (Å²) in [5, 5.41) is 1.17. The number of nitrogens with zero attached hydrogens (tertiary/aromatic N) is 2. The summed E-state index contributed by atoms with van der Waals surface area (Å²) in [5.41, 5.74) is 8.03. The van der Waals surface area contributed by atoms with Gasteiger partial charge in [-0.15, -0.1) is 0 Å². The number of carbonyl (C=O) groups excluding carboxylic acids is 1. The van der Waals surface area contributed by atoms with Gasteiger partial charge in [0.15, 0.2) is 0 Å². The first-order valence-electron chi connectivity index (χ1n) is 5.56. The number of hydrogen-bond acceptors (Lipinski definition) is 4. The fourth-order valence-electron chi connectivity index (χ4n) is 1.76. The third-order valence-electron chi connectivity index (χ3n) is 2.74. The Hall–Kier alpha value is -2.14. The summed E-state index contributed by atoms with van der Waals surface area (Å²) in [6.45, 7) is 0. The number of amidine groups is 1. The predicted octanol–water partition coefficient (Wildman–Crippen LogP) is 1.48. The Labute approximate surface area is 106 Å². The van der Waals surface area contributed by atoms with E-state index < -0.39 is 0 Å². The molecule has 1 aromatic rings. The van der Waals surface area contributed by atoms with Crippen molar-refractivity contribution in [1.82, 2.24) is 5.06 Å². The molecule has 2 rings (SSSR count). The maximum atomic E-state index is 12.1. The van der Waals surface area contributed by atoms with Crippen LogP contribution in [-0.2, 0) is 9.63 Å². The number of aliphatic imine (C=N–C) groups is 1. The van der Waals surface area contributed by atoms with Gasteiger partial charge >= 0.3 is 0 Å². The Morgan fingerprint density at radius 1 is 1.44 bits per heavy atom. The largest absolute Gasteiger partial charge is 0.387 e. The standard InChI is InChI=1S/C13H15N3O2/c1-16(18-2)13(17)10-7-9-5-3-4-6-11(9)15-12(14)8-10/h3-7H,8H2,1-2H3,(H2,14,15). The maximum absolute atomic E-state index is 12.1. The van der Waals surface area contributed by atoms with Gasteiger partial charge in [-0.3, -0.25) is 9.63 Å². The van der Waals surface area contributed by atoms with Crippen LogP contribution >= 0.6 is 0 Å². The van der Waals surface area contributed by atoms with Gasteiger partial charge in [-0.2, -0.15) is 0 Å². The van der Waals surface area contributed by atoms with Gasteiger partial charge in [0.2, 0.25) is 0 Å². The van der Waals surface area contributed by atoms with E-state index in [1.165, 1.54) is 12.2 Å². The number of benzene rings is 1. The summed E-state index contributed by atoms with van der Waals surface area (Å²) in [7, 11) is 3.01. The molecule has 18 heavy (non-hydrogen) atoms. The average Bonchev–Trinajstić information content (AvgIpc) is 2.54. The maximum Gasteiger partial charge on any atom is 0.273 e. The third kappa shape index (κ3) is 2.41. The van der Waals surface area contributed by atoms with Crippen LogP contribution in [0, 0.1) is 0 Å². The molecule has 5 nitrogen and oxygen atoms in total. The average molecular weight is 245 g/mol. The molecule has 1 aliphatic rings. The summed E-state index contributed by atoms with van der Waals surface area (Å²) in [5.74, 6) is 0.205. The summed E-state index contributed by atoms with van der Waals surface area (Å²) in [4.78, 5) is 21.2. The lowest BCUT2D eigenvalue weighted by atomic mass is 10.1. The van der Waals surface area contributed by atoms with Crippen molar-refractivity contribution in [2.24, 2.45) is 10.7 Å². The topological polar surface area (TPSA) is 67.9 Å². The first kappa shape index (κ1) is 12.3. The van der Waals surface area contributed by atoms with Gasteiger partial charge in [-0.05, 0) is 12.1 Å². The molecule has 0 spiro atoms. The highest BCUT2D eigenvalue weighted by Crippen LogP contribution is 2.26. The zero-order valence-corrected chi connectivity index (χ0v) is 10.4. The first-order chi connectivity index (χ1) is 8.61. The van der Waals surface area contributed by atoms with Gasteiger partial charge in [0.25, 0.3) is 5.91 Å². The summed E-state index contributed by atoms with van der Waals surface area (Å²) < 4.78 is 0. The molecular formula is C13H15N3O2. The van der Waals surface area contributed by atoms with Crippen LogP contribution in [0.5, 0.6) is 0 Å². The van der Waals surface area contributed by atoms with Crippen molar-refractivity contribution in [1.29, 1.82) is 0 Å². The monoisotopic (exact) mass is 245 g/mol. The van der Waals surface area contributed by atoms with Crippen LogP contribution in [0.3, 0.4) is 0 Å². The van der Waals surface area contributed by atoms with Crippen LogP contribution in [0.4, 0.5) is 5.69 Å². The number of fused-ring (bicyclic) bond motifs is 1. The summed E-state index contributed by atoms with van der Waals surface area (Å²) in [6.07, 6.45) is 2.12. The number of amides is 1. The van der Waals surface area contributed by atoms with Crippen molar-refractivity contribution in [3.63, 3.8) is 0 Å². The molecule has 0 bridgehead atoms. The molecule has 0 saturated carbocycles. The van der Waals surface area contributed by atoms with E-state index in [2.05, 4.69) is 4.99 Å². The van der Waals surface area contributed by atoms with Gasteiger partial charge in [0.1, 0.15) is 5.84 Å². The number of hydroxylamine groups is 2. The number of hydrogen-bond donors (Lipinski definition) is 1. The number of carbonyl (C=O) groups is 1. The molecule has 5 heteroatoms. The predicted molar refractivity (Wildman–Crippen MR) is 70.1 cm³/mol. The van der Waals surface area contributed by atoms with Gasteiger partial charge in [-0.1, -0.05) is 18.2 Å². The minimum Gasteiger partial charge on any atom is -0.387 e. The third-order valence-corrected chi connectivity index (χ3v) is 2.74. The second-order valence-electron chi connectivity index (χ2n) is 3.99. The normalized spacial score (nSPS) is 14.1. The summed E-state index contributed by atoms with van der Waals surface area (Å²) >= 11 is 0. The van der Waals surface area contributed by atoms with Crippen LogP contribution in [0.1, 0.15) is 12.0 Å². The van der Waals surface area contributed by atoms with Gasteiger partial charge in [0, 0.05) is 24.6 Å². The quantitative estimate of drug-likeness (QED) is 0.802. The molecular weight excluding hydrogens is 230 g/mol. The van der Waals surface area contributed by atoms with E-state index in [0.29, 0.717) is 17.8 Å². The Bertz CT molecular complexity index is 535. The van der Waals surface area contributed by atoms with Crippen molar-refractivity contribution in [2.75, 3.05) is 14.2 Å². The Kier molecular flexibility index (Phi) is 3.43. The second kappa shape index (κ2) is 5.01. The van der Waals surface area contributed by atoms with E-state index in [1.807, 2.05) is 24.3 Å². The van der Waals surface area contributed by atoms with Gasteiger partial charge < -0.3 is 5.73 Å². The number of nitrogens with two attached hydrogens (primary N) is 1. The Morgan fingerprint density at radius 2 is 2.17 bits per heavy atom. The SMILES string of the molecule is CON(C)C(=O)C1=Cc2ccccc2N=C(N)C1. The molecule has 1 amide bonds. The lowest BCUT2D eigenvalue weighted by Crippen LogP contribution is -2.28. The number of para-hydroxylation sites is 1. The molecule has 1 aromatic carbocycles. The highest BCUT2D eigenvalue weighted by Gasteiger charge is 2.18. The van der Waals surface area contributed by atoms with Crippen molar-refractivity contribution in [2.45, 2.75) is 6.42 Å². The molecule has 0 aliphatic carbocycles. The highest BCUT2D eigenvalue weighted by molar-refractivity contribution is 6.04. The van der Waals surface area contributed by atoms with Crippen molar-refractivity contribution < 1.29 is 9.63 Å².